The van der Waals surface area contributed by atoms with E-state index in [4.69, 9.17) is 5.26 Å². The second kappa shape index (κ2) is 16.7. The van der Waals surface area contributed by atoms with Gasteiger partial charge in [0, 0.05) is 17.1 Å². The standard InChI is InChI=1S/CHNS.Fe.K.H/c2-1-3;;;/h3H;;;/q;;+1;-1. The van der Waals surface area contributed by atoms with E-state index in [-0.39, 0.29) is 69.9 Å². The Bertz CT molecular complexity index is 37.0. The molecule has 0 aromatic heterocycles. The summed E-state index contributed by atoms with van der Waals surface area (Å²) < 4.78 is 0. The SMILES string of the molecule is N#CS.[Fe].[H-].[K+]. The molecule has 0 bridgehead atoms. The molecule has 0 spiro atoms. The van der Waals surface area contributed by atoms with E-state index in [1.54, 1.807) is 0 Å². The summed E-state index contributed by atoms with van der Waals surface area (Å²) in [6, 6.07) is 0. The summed E-state index contributed by atoms with van der Waals surface area (Å²) in [6.07, 6.45) is 0. The van der Waals surface area contributed by atoms with Gasteiger partial charge in [0.2, 0.25) is 0 Å². The van der Waals surface area contributed by atoms with Crippen LogP contribution in [0.25, 0.3) is 0 Å². The third kappa shape index (κ3) is 24.0. The fourth-order valence-corrected chi connectivity index (χ4v) is 0. The van der Waals surface area contributed by atoms with Crippen LogP contribution in [0.3, 0.4) is 0 Å². The zero-order chi connectivity index (χ0) is 2.71. The van der Waals surface area contributed by atoms with E-state index >= 15 is 0 Å². The van der Waals surface area contributed by atoms with E-state index in [2.05, 4.69) is 12.6 Å². The van der Waals surface area contributed by atoms with E-state index in [0.29, 0.717) is 0 Å². The fraction of sp³-hybridized carbons (Fsp3) is 0. The molecule has 4 heteroatoms. The smallest absolute Gasteiger partial charge is 1.00 e. The first-order chi connectivity index (χ1) is 1.41. The van der Waals surface area contributed by atoms with Crippen molar-refractivity contribution in [3.63, 3.8) is 0 Å². The molecule has 0 aliphatic carbocycles. The van der Waals surface area contributed by atoms with Gasteiger partial charge in [-0.1, -0.05) is 12.6 Å². The summed E-state index contributed by atoms with van der Waals surface area (Å²) in [6.45, 7) is 0. The molecule has 5 heavy (non-hydrogen) atoms. The molecule has 26 valence electrons. The van der Waals surface area contributed by atoms with Crippen molar-refractivity contribution in [2.24, 2.45) is 0 Å². The topological polar surface area (TPSA) is 23.8 Å². The minimum Gasteiger partial charge on any atom is -1.00 e. The summed E-state index contributed by atoms with van der Waals surface area (Å²) in [5.74, 6) is 0. The average Bonchev–Trinajstić information content (AvgIpc) is 0.918. The van der Waals surface area contributed by atoms with Crippen LogP contribution >= 0.6 is 12.6 Å². The zero-order valence-electron chi connectivity index (χ0n) is 3.75. The first-order valence-corrected chi connectivity index (χ1v) is 0.894. The van der Waals surface area contributed by atoms with Gasteiger partial charge in [-0.25, -0.2) is 0 Å². The number of nitrogens with zero attached hydrogens (tertiary/aromatic N) is 1. The largest absolute Gasteiger partial charge is 1.00 e. The molecule has 0 saturated carbocycles. The molecule has 0 aromatic carbocycles. The van der Waals surface area contributed by atoms with Gasteiger partial charge in [0.05, 0.1) is 0 Å². The Morgan fingerprint density at radius 2 is 1.80 bits per heavy atom. The molecule has 0 aliphatic rings. The monoisotopic (exact) mass is 155 g/mol. The zero-order valence-corrected chi connectivity index (χ0v) is 7.87. The Labute approximate surface area is 91.3 Å². The van der Waals surface area contributed by atoms with Gasteiger partial charge in [-0.05, 0) is 0 Å². The Morgan fingerprint density at radius 1 is 1.80 bits per heavy atom. The number of hydrogen-bond acceptors (Lipinski definition) is 2. The second-order valence-electron chi connectivity index (χ2n) is 0.100. The Morgan fingerprint density at radius 3 is 1.80 bits per heavy atom. The predicted octanol–water partition coefficient (Wildman–Crippen LogP) is -2.49. The molecule has 0 radical (unpaired) electrons. The maximum atomic E-state index is 7.18. The van der Waals surface area contributed by atoms with Crippen molar-refractivity contribution in [3.8, 4) is 5.40 Å². The van der Waals surface area contributed by atoms with Crippen molar-refractivity contribution in [3.05, 3.63) is 0 Å². The summed E-state index contributed by atoms with van der Waals surface area (Å²) in [7, 11) is 0. The molecular formula is CH2FeKNS. The van der Waals surface area contributed by atoms with E-state index in [9.17, 15) is 0 Å². The number of hydrogen-bond donors (Lipinski definition) is 1. The normalized spacial score (nSPS) is 1.60. The first-order valence-electron chi connectivity index (χ1n) is 0.447. The molecule has 0 saturated heterocycles. The van der Waals surface area contributed by atoms with Crippen molar-refractivity contribution in [2.45, 2.75) is 0 Å². The van der Waals surface area contributed by atoms with Crippen LogP contribution < -0.4 is 51.4 Å². The van der Waals surface area contributed by atoms with Crippen molar-refractivity contribution < 1.29 is 69.9 Å². The van der Waals surface area contributed by atoms with E-state index in [1.165, 1.54) is 5.40 Å². The summed E-state index contributed by atoms with van der Waals surface area (Å²) in [5.41, 5.74) is 0. The van der Waals surface area contributed by atoms with Crippen LogP contribution in [0.5, 0.6) is 0 Å². The van der Waals surface area contributed by atoms with Crippen LogP contribution in [0.1, 0.15) is 1.43 Å². The summed E-state index contributed by atoms with van der Waals surface area (Å²) >= 11 is 3.09. The summed E-state index contributed by atoms with van der Waals surface area (Å²) in [4.78, 5) is 0. The Hall–Kier alpha value is 2.00. The van der Waals surface area contributed by atoms with Crippen molar-refractivity contribution in [2.75, 3.05) is 0 Å². The van der Waals surface area contributed by atoms with Gasteiger partial charge in [0.25, 0.3) is 0 Å². The maximum Gasteiger partial charge on any atom is 1.00 e. The Balaban J connectivity index is -0.00000000667. The molecule has 1 nitrogen and oxygen atoms in total. The molecular weight excluding hydrogens is 153 g/mol. The third-order valence-electron chi connectivity index (χ3n) is 0. The average molecular weight is 155 g/mol. The number of nitriles is 1. The second-order valence-corrected chi connectivity index (χ2v) is 0.300. The van der Waals surface area contributed by atoms with Crippen molar-refractivity contribution in [1.82, 2.24) is 0 Å². The molecule has 0 aliphatic heterocycles. The van der Waals surface area contributed by atoms with Crippen LogP contribution in [0.15, 0.2) is 0 Å². The molecule has 0 unspecified atom stereocenters. The van der Waals surface area contributed by atoms with Gasteiger partial charge in [-0.2, -0.15) is 5.26 Å². The van der Waals surface area contributed by atoms with Gasteiger partial charge in [-0.15, -0.1) is 0 Å². The van der Waals surface area contributed by atoms with E-state index in [0.717, 1.165) is 0 Å². The van der Waals surface area contributed by atoms with Gasteiger partial charge in [0.15, 0.2) is 0 Å². The van der Waals surface area contributed by atoms with Gasteiger partial charge in [-0.3, -0.25) is 0 Å². The fourth-order valence-electron chi connectivity index (χ4n) is 0. The van der Waals surface area contributed by atoms with Crippen molar-refractivity contribution >= 4 is 12.6 Å². The minimum absolute atomic E-state index is 0. The minimum atomic E-state index is 0. The molecule has 0 atom stereocenters. The van der Waals surface area contributed by atoms with E-state index in [1.807, 2.05) is 0 Å². The quantitative estimate of drug-likeness (QED) is 0.233. The summed E-state index contributed by atoms with van der Waals surface area (Å²) in [5, 5.41) is 8.63. The molecule has 0 N–H and O–H groups in total. The first kappa shape index (κ1) is 15.8. The number of thiol groups is 1. The molecule has 0 aromatic rings. The number of rotatable bonds is 0. The van der Waals surface area contributed by atoms with E-state index < -0.39 is 0 Å². The van der Waals surface area contributed by atoms with Gasteiger partial charge in [0.1, 0.15) is 5.40 Å². The van der Waals surface area contributed by atoms with Gasteiger partial charge >= 0.3 is 51.4 Å². The van der Waals surface area contributed by atoms with Crippen LogP contribution in [-0.4, -0.2) is 0 Å². The molecule has 0 rings (SSSR count). The maximum absolute atomic E-state index is 7.18. The van der Waals surface area contributed by atoms with Crippen molar-refractivity contribution in [1.29, 1.82) is 5.26 Å². The van der Waals surface area contributed by atoms with Crippen LogP contribution in [0.2, 0.25) is 0 Å². The molecule has 0 fully saturated rings. The van der Waals surface area contributed by atoms with Gasteiger partial charge < -0.3 is 1.43 Å². The number of thiocyanates is 1. The Kier molecular flexibility index (Phi) is 52.5. The molecule has 0 amide bonds. The molecule has 0 heterocycles. The van der Waals surface area contributed by atoms with Crippen LogP contribution in [0.4, 0.5) is 0 Å². The van der Waals surface area contributed by atoms with Crippen LogP contribution in [-0.2, 0) is 17.1 Å². The van der Waals surface area contributed by atoms with Crippen LogP contribution in [0, 0.1) is 10.7 Å². The predicted molar refractivity (Wildman–Crippen MR) is 15.7 cm³/mol. The third-order valence-corrected chi connectivity index (χ3v) is 0.